The Morgan fingerprint density at radius 3 is 2.17 bits per heavy atom. The van der Waals surface area contributed by atoms with Gasteiger partial charge in [0.15, 0.2) is 23.0 Å². The molecule has 2 atom stereocenters. The first-order chi connectivity index (χ1) is 19.4. The topological polar surface area (TPSA) is 85.2 Å². The highest BCUT2D eigenvalue weighted by Gasteiger charge is 2.34. The van der Waals surface area contributed by atoms with Gasteiger partial charge >= 0.3 is 0 Å². The number of benzene rings is 2. The highest BCUT2D eigenvalue weighted by Crippen LogP contribution is 2.40. The molecular formula is C31H34N4O5. The van der Waals surface area contributed by atoms with Crippen LogP contribution in [-0.2, 0) is 6.54 Å². The molecule has 0 bridgehead atoms. The number of hydrogen-bond acceptors (Lipinski definition) is 8. The van der Waals surface area contributed by atoms with Gasteiger partial charge in [0.05, 0.1) is 50.4 Å². The van der Waals surface area contributed by atoms with Gasteiger partial charge in [-0.05, 0) is 30.5 Å². The van der Waals surface area contributed by atoms with Crippen molar-refractivity contribution in [3.63, 3.8) is 0 Å². The SMILES string of the molecule is C=C1CC2C=Nc3cc(OCCCOc4cc5c(cc4OC)C(=O)N4CC(=C)CC4C=N5)c(OC)cc3CN2C1. The molecule has 6 rings (SSSR count). The van der Waals surface area contributed by atoms with Crippen molar-refractivity contribution < 1.29 is 23.7 Å². The van der Waals surface area contributed by atoms with E-state index in [1.807, 2.05) is 24.6 Å². The van der Waals surface area contributed by atoms with E-state index >= 15 is 0 Å². The van der Waals surface area contributed by atoms with E-state index in [2.05, 4.69) is 23.1 Å². The van der Waals surface area contributed by atoms with Crippen LogP contribution in [-0.4, -0.2) is 80.7 Å². The lowest BCUT2D eigenvalue weighted by Crippen LogP contribution is -2.35. The lowest BCUT2D eigenvalue weighted by Gasteiger charge is -2.20. The van der Waals surface area contributed by atoms with E-state index in [9.17, 15) is 4.79 Å². The number of carbonyl (C=O) groups is 1. The fourth-order valence-electron chi connectivity index (χ4n) is 5.74. The van der Waals surface area contributed by atoms with Crippen LogP contribution in [0.15, 0.2) is 58.6 Å². The minimum Gasteiger partial charge on any atom is -0.493 e. The first-order valence-corrected chi connectivity index (χ1v) is 13.6. The molecule has 2 aromatic rings. The Kier molecular flexibility index (Phi) is 7.06. The molecule has 4 aliphatic heterocycles. The van der Waals surface area contributed by atoms with Gasteiger partial charge in [-0.25, -0.2) is 0 Å². The summed E-state index contributed by atoms with van der Waals surface area (Å²) in [7, 11) is 3.22. The first-order valence-electron chi connectivity index (χ1n) is 13.6. The molecule has 40 heavy (non-hydrogen) atoms. The van der Waals surface area contributed by atoms with Crippen LogP contribution in [0.3, 0.4) is 0 Å². The van der Waals surface area contributed by atoms with Gasteiger partial charge in [0.25, 0.3) is 5.91 Å². The predicted octanol–water partition coefficient (Wildman–Crippen LogP) is 4.88. The molecule has 208 valence electrons. The van der Waals surface area contributed by atoms with E-state index in [0.29, 0.717) is 66.5 Å². The van der Waals surface area contributed by atoms with Crippen LogP contribution >= 0.6 is 0 Å². The third-order valence-corrected chi connectivity index (χ3v) is 7.77. The highest BCUT2D eigenvalue weighted by atomic mass is 16.5. The summed E-state index contributed by atoms with van der Waals surface area (Å²) < 4.78 is 23.3. The number of carbonyl (C=O) groups excluding carboxylic acids is 1. The molecule has 1 amide bonds. The molecule has 2 unspecified atom stereocenters. The van der Waals surface area contributed by atoms with Gasteiger partial charge in [-0.15, -0.1) is 0 Å². The summed E-state index contributed by atoms with van der Waals surface area (Å²) in [5, 5.41) is 0. The summed E-state index contributed by atoms with van der Waals surface area (Å²) in [5.74, 6) is 2.31. The van der Waals surface area contributed by atoms with Crippen molar-refractivity contribution in [3.8, 4) is 23.0 Å². The van der Waals surface area contributed by atoms with Crippen LogP contribution in [0.4, 0.5) is 11.4 Å². The van der Waals surface area contributed by atoms with E-state index in [1.54, 1.807) is 31.3 Å². The Morgan fingerprint density at radius 1 is 0.800 bits per heavy atom. The summed E-state index contributed by atoms with van der Waals surface area (Å²) in [6.07, 6.45) is 6.15. The average molecular weight is 543 g/mol. The van der Waals surface area contributed by atoms with Gasteiger partial charge < -0.3 is 23.8 Å². The molecule has 0 N–H and O–H groups in total. The molecule has 9 nitrogen and oxygen atoms in total. The van der Waals surface area contributed by atoms with Gasteiger partial charge in [-0.1, -0.05) is 24.3 Å². The molecule has 9 heteroatoms. The van der Waals surface area contributed by atoms with Crippen LogP contribution in [0.5, 0.6) is 23.0 Å². The van der Waals surface area contributed by atoms with E-state index in [0.717, 1.165) is 42.8 Å². The Balaban J connectivity index is 1.09. The Hall–Kier alpha value is -4.11. The molecular weight excluding hydrogens is 508 g/mol. The van der Waals surface area contributed by atoms with Crippen LogP contribution in [0, 0.1) is 0 Å². The van der Waals surface area contributed by atoms with Crippen molar-refractivity contribution in [2.24, 2.45) is 9.98 Å². The lowest BCUT2D eigenvalue weighted by atomic mass is 10.1. The number of fused-ring (bicyclic) bond motifs is 4. The van der Waals surface area contributed by atoms with Crippen LogP contribution in [0.25, 0.3) is 0 Å². The minimum absolute atomic E-state index is 0.0623. The molecule has 0 saturated carbocycles. The van der Waals surface area contributed by atoms with Gasteiger partial charge in [-0.3, -0.25) is 19.7 Å². The summed E-state index contributed by atoms with van der Waals surface area (Å²) >= 11 is 0. The van der Waals surface area contributed by atoms with Crippen LogP contribution in [0.2, 0.25) is 0 Å². The Labute approximate surface area is 234 Å². The summed E-state index contributed by atoms with van der Waals surface area (Å²) in [6.45, 7) is 11.2. The van der Waals surface area contributed by atoms with Crippen LogP contribution in [0.1, 0.15) is 35.2 Å². The third-order valence-electron chi connectivity index (χ3n) is 7.77. The second kappa shape index (κ2) is 10.8. The van der Waals surface area contributed by atoms with E-state index in [1.165, 1.54) is 5.57 Å². The van der Waals surface area contributed by atoms with Crippen molar-refractivity contribution in [2.75, 3.05) is 40.5 Å². The number of aliphatic imine (C=N–C) groups is 2. The van der Waals surface area contributed by atoms with E-state index < -0.39 is 0 Å². The summed E-state index contributed by atoms with van der Waals surface area (Å²) in [6, 6.07) is 7.69. The average Bonchev–Trinajstić information content (AvgIpc) is 3.42. The van der Waals surface area contributed by atoms with Crippen molar-refractivity contribution in [1.82, 2.24) is 9.80 Å². The number of hydrogen-bond donors (Lipinski definition) is 0. The van der Waals surface area contributed by atoms with Crippen molar-refractivity contribution >= 4 is 29.7 Å². The largest absolute Gasteiger partial charge is 0.493 e. The molecule has 2 fully saturated rings. The van der Waals surface area contributed by atoms with E-state index in [4.69, 9.17) is 23.9 Å². The highest BCUT2D eigenvalue weighted by molar-refractivity contribution is 6.03. The standard InChI is InChI=1S/C31H34N4O5/c1-19-8-22-14-32-25-12-29(27(37-3)10-21(25)18-34(22)16-19)39-6-5-7-40-30-13-26-24(11-28(30)38-4)31(36)35-17-20(2)9-23(35)15-33-26/h10-15,22-23H,1-2,5-9,16-18H2,3-4H3. The quantitative estimate of drug-likeness (QED) is 0.349. The minimum atomic E-state index is -0.0701. The zero-order chi connectivity index (χ0) is 27.8. The van der Waals surface area contributed by atoms with Crippen molar-refractivity contribution in [3.05, 3.63) is 59.7 Å². The zero-order valence-electron chi connectivity index (χ0n) is 23.0. The van der Waals surface area contributed by atoms with Gasteiger partial charge in [0.1, 0.15) is 0 Å². The monoisotopic (exact) mass is 542 g/mol. The molecule has 0 aromatic heterocycles. The fourth-order valence-corrected chi connectivity index (χ4v) is 5.74. The maximum absolute atomic E-state index is 13.2. The summed E-state index contributed by atoms with van der Waals surface area (Å²) in [5.41, 5.74) is 5.38. The lowest BCUT2D eigenvalue weighted by molar-refractivity contribution is 0.0777. The second-order valence-corrected chi connectivity index (χ2v) is 10.6. The molecule has 0 aliphatic carbocycles. The number of rotatable bonds is 8. The first kappa shape index (κ1) is 26.1. The summed E-state index contributed by atoms with van der Waals surface area (Å²) in [4.78, 5) is 26.7. The number of amides is 1. The fraction of sp³-hybridized carbons (Fsp3) is 0.387. The number of nitrogens with zero attached hydrogens (tertiary/aromatic N) is 4. The molecule has 2 aromatic carbocycles. The normalized spacial score (nSPS) is 21.4. The zero-order valence-corrected chi connectivity index (χ0v) is 23.0. The molecule has 0 radical (unpaired) electrons. The maximum Gasteiger partial charge on any atom is 0.257 e. The van der Waals surface area contributed by atoms with Crippen LogP contribution < -0.4 is 18.9 Å². The Morgan fingerprint density at radius 2 is 1.43 bits per heavy atom. The molecule has 0 spiro atoms. The van der Waals surface area contributed by atoms with Crippen molar-refractivity contribution in [2.45, 2.75) is 37.9 Å². The maximum atomic E-state index is 13.2. The molecule has 4 aliphatic rings. The van der Waals surface area contributed by atoms with E-state index in [-0.39, 0.29) is 11.9 Å². The van der Waals surface area contributed by atoms with Gasteiger partial charge in [0.2, 0.25) is 0 Å². The Bertz CT molecular complexity index is 1430. The predicted molar refractivity (Wildman–Crippen MR) is 154 cm³/mol. The smallest absolute Gasteiger partial charge is 0.257 e. The molecule has 2 saturated heterocycles. The number of ether oxygens (including phenoxy) is 4. The third kappa shape index (κ3) is 4.97. The molecule has 4 heterocycles. The number of methoxy groups -OCH3 is 2. The second-order valence-electron chi connectivity index (χ2n) is 10.6. The van der Waals surface area contributed by atoms with Crippen molar-refractivity contribution in [1.29, 1.82) is 0 Å². The van der Waals surface area contributed by atoms with Gasteiger partial charge in [0, 0.05) is 56.7 Å². The van der Waals surface area contributed by atoms with Gasteiger partial charge in [-0.2, -0.15) is 0 Å².